The van der Waals surface area contributed by atoms with Crippen LogP contribution >= 0.6 is 0 Å². The minimum Gasteiger partial charge on any atom is -0.476 e. The van der Waals surface area contributed by atoms with Gasteiger partial charge < -0.3 is 19.7 Å². The first-order valence-corrected chi connectivity index (χ1v) is 7.93. The van der Waals surface area contributed by atoms with E-state index in [1.54, 1.807) is 24.3 Å². The molecule has 0 fully saturated rings. The first kappa shape index (κ1) is 18.6. The Morgan fingerprint density at radius 2 is 1.81 bits per heavy atom. The number of nitrogens with zero attached hydrogens (tertiary/aromatic N) is 1. The van der Waals surface area contributed by atoms with Gasteiger partial charge >= 0.3 is 6.36 Å². The Morgan fingerprint density at radius 3 is 2.44 bits per heavy atom. The number of carbonyl (C=O) groups excluding carboxylic acids is 2. The highest BCUT2D eigenvalue weighted by Crippen LogP contribution is 2.33. The van der Waals surface area contributed by atoms with Crippen molar-refractivity contribution >= 4 is 23.2 Å². The molecule has 2 aromatic rings. The third kappa shape index (κ3) is 4.49. The summed E-state index contributed by atoms with van der Waals surface area (Å²) >= 11 is 0. The molecule has 1 aliphatic heterocycles. The zero-order valence-corrected chi connectivity index (χ0v) is 14.1. The molecule has 0 saturated heterocycles. The first-order chi connectivity index (χ1) is 12.7. The molecule has 0 radical (unpaired) electrons. The van der Waals surface area contributed by atoms with Gasteiger partial charge in [0.1, 0.15) is 11.5 Å². The maximum absolute atomic E-state index is 12.5. The molecular formula is C18H15F3N2O4. The summed E-state index contributed by atoms with van der Waals surface area (Å²) in [5.41, 5.74) is 0.842. The number of ether oxygens (including phenoxy) is 2. The van der Waals surface area contributed by atoms with Crippen LogP contribution in [0.5, 0.6) is 11.5 Å². The maximum Gasteiger partial charge on any atom is 0.573 e. The van der Waals surface area contributed by atoms with Crippen LogP contribution in [0.1, 0.15) is 6.92 Å². The smallest absolute Gasteiger partial charge is 0.476 e. The van der Waals surface area contributed by atoms with Gasteiger partial charge in [0, 0.05) is 12.6 Å². The molecule has 0 saturated carbocycles. The SMILES string of the molecule is CC(=O)N1C[C@H](C(=O)Nc2ccc(OC(F)(F)F)cc2)Oc2ccccc21. The van der Waals surface area contributed by atoms with E-state index in [-0.39, 0.29) is 18.1 Å². The zero-order chi connectivity index (χ0) is 19.6. The highest BCUT2D eigenvalue weighted by Gasteiger charge is 2.33. The van der Waals surface area contributed by atoms with E-state index in [2.05, 4.69) is 10.1 Å². The number of alkyl halides is 3. The van der Waals surface area contributed by atoms with E-state index in [0.29, 0.717) is 11.4 Å². The van der Waals surface area contributed by atoms with Crippen LogP contribution in [0.4, 0.5) is 24.5 Å². The second-order valence-electron chi connectivity index (χ2n) is 5.77. The Kier molecular flexibility index (Phi) is 4.93. The van der Waals surface area contributed by atoms with Crippen LogP contribution in [-0.4, -0.2) is 30.8 Å². The molecule has 2 aromatic carbocycles. The predicted molar refractivity (Wildman–Crippen MR) is 90.6 cm³/mol. The van der Waals surface area contributed by atoms with Gasteiger partial charge in [-0.25, -0.2) is 0 Å². The van der Waals surface area contributed by atoms with Gasteiger partial charge in [-0.1, -0.05) is 12.1 Å². The van der Waals surface area contributed by atoms with Crippen LogP contribution in [0.2, 0.25) is 0 Å². The molecule has 27 heavy (non-hydrogen) atoms. The fraction of sp³-hybridized carbons (Fsp3) is 0.222. The molecule has 9 heteroatoms. The lowest BCUT2D eigenvalue weighted by atomic mass is 10.1. The molecule has 3 rings (SSSR count). The van der Waals surface area contributed by atoms with Gasteiger partial charge in [-0.2, -0.15) is 0 Å². The molecule has 1 atom stereocenters. The molecule has 1 N–H and O–H groups in total. The van der Waals surface area contributed by atoms with Crippen molar-refractivity contribution in [3.05, 3.63) is 48.5 Å². The number of amides is 2. The Labute approximate surface area is 152 Å². The van der Waals surface area contributed by atoms with Crippen LogP contribution in [0.15, 0.2) is 48.5 Å². The summed E-state index contributed by atoms with van der Waals surface area (Å²) < 4.78 is 46.0. The maximum atomic E-state index is 12.5. The number of nitrogens with one attached hydrogen (secondary N) is 1. The minimum atomic E-state index is -4.79. The summed E-state index contributed by atoms with van der Waals surface area (Å²) in [6.07, 6.45) is -5.75. The van der Waals surface area contributed by atoms with Crippen molar-refractivity contribution in [3.63, 3.8) is 0 Å². The second-order valence-corrected chi connectivity index (χ2v) is 5.77. The van der Waals surface area contributed by atoms with Crippen LogP contribution in [0.25, 0.3) is 0 Å². The van der Waals surface area contributed by atoms with Crippen LogP contribution in [-0.2, 0) is 9.59 Å². The number of halogens is 3. The summed E-state index contributed by atoms with van der Waals surface area (Å²) in [5.74, 6) is -0.767. The lowest BCUT2D eigenvalue weighted by molar-refractivity contribution is -0.274. The van der Waals surface area contributed by atoms with Gasteiger partial charge in [-0.05, 0) is 36.4 Å². The molecule has 0 bridgehead atoms. The Balaban J connectivity index is 1.70. The molecule has 1 aliphatic rings. The number of para-hydroxylation sites is 2. The van der Waals surface area contributed by atoms with Crippen molar-refractivity contribution in [3.8, 4) is 11.5 Å². The summed E-state index contributed by atoms with van der Waals surface area (Å²) in [5, 5.41) is 2.55. The lowest BCUT2D eigenvalue weighted by Crippen LogP contribution is -2.48. The van der Waals surface area contributed by atoms with Crippen molar-refractivity contribution in [2.45, 2.75) is 19.4 Å². The molecular weight excluding hydrogens is 365 g/mol. The molecule has 6 nitrogen and oxygen atoms in total. The van der Waals surface area contributed by atoms with Crippen LogP contribution < -0.4 is 19.7 Å². The molecule has 0 spiro atoms. The summed E-state index contributed by atoms with van der Waals surface area (Å²) in [4.78, 5) is 25.8. The van der Waals surface area contributed by atoms with Gasteiger partial charge in [0.15, 0.2) is 6.10 Å². The molecule has 0 aliphatic carbocycles. The number of fused-ring (bicyclic) bond motifs is 1. The first-order valence-electron chi connectivity index (χ1n) is 7.93. The monoisotopic (exact) mass is 380 g/mol. The number of rotatable bonds is 3. The third-order valence-electron chi connectivity index (χ3n) is 3.80. The second kappa shape index (κ2) is 7.18. The van der Waals surface area contributed by atoms with Gasteiger partial charge in [0.05, 0.1) is 12.2 Å². The summed E-state index contributed by atoms with van der Waals surface area (Å²) in [6, 6.07) is 11.6. The average molecular weight is 380 g/mol. The Hall–Kier alpha value is -3.23. The molecule has 142 valence electrons. The highest BCUT2D eigenvalue weighted by molar-refractivity contribution is 5.99. The van der Waals surface area contributed by atoms with E-state index < -0.39 is 24.1 Å². The van der Waals surface area contributed by atoms with Crippen molar-refractivity contribution in [2.75, 3.05) is 16.8 Å². The number of hydrogen-bond acceptors (Lipinski definition) is 4. The lowest BCUT2D eigenvalue weighted by Gasteiger charge is -2.33. The van der Waals surface area contributed by atoms with E-state index in [1.807, 2.05) is 0 Å². The standard InChI is InChI=1S/C18H15F3N2O4/c1-11(24)23-10-16(26-15-5-3-2-4-14(15)23)17(25)22-12-6-8-13(9-7-12)27-18(19,20)21/h2-9,16H,10H2,1H3,(H,22,25)/t16-/m1/s1. The van der Waals surface area contributed by atoms with E-state index >= 15 is 0 Å². The van der Waals surface area contributed by atoms with Gasteiger partial charge in [-0.15, -0.1) is 13.2 Å². The molecule has 0 aromatic heterocycles. The predicted octanol–water partition coefficient (Wildman–Crippen LogP) is 3.34. The molecule has 1 heterocycles. The normalized spacial score (nSPS) is 16.1. The average Bonchev–Trinajstić information content (AvgIpc) is 2.61. The van der Waals surface area contributed by atoms with Gasteiger partial charge in [-0.3, -0.25) is 9.59 Å². The summed E-state index contributed by atoms with van der Waals surface area (Å²) in [7, 11) is 0. The van der Waals surface area contributed by atoms with Gasteiger partial charge in [0.2, 0.25) is 5.91 Å². The van der Waals surface area contributed by atoms with Gasteiger partial charge in [0.25, 0.3) is 5.91 Å². The largest absolute Gasteiger partial charge is 0.573 e. The van der Waals surface area contributed by atoms with E-state index in [0.717, 1.165) is 12.1 Å². The fourth-order valence-electron chi connectivity index (χ4n) is 2.63. The topological polar surface area (TPSA) is 67.9 Å². The highest BCUT2D eigenvalue weighted by atomic mass is 19.4. The van der Waals surface area contributed by atoms with Crippen molar-refractivity contribution in [1.82, 2.24) is 0 Å². The molecule has 0 unspecified atom stereocenters. The quantitative estimate of drug-likeness (QED) is 0.887. The van der Waals surface area contributed by atoms with E-state index in [1.165, 1.54) is 24.0 Å². The Morgan fingerprint density at radius 1 is 1.15 bits per heavy atom. The van der Waals surface area contributed by atoms with Crippen LogP contribution in [0, 0.1) is 0 Å². The van der Waals surface area contributed by atoms with Crippen molar-refractivity contribution in [2.24, 2.45) is 0 Å². The van der Waals surface area contributed by atoms with E-state index in [4.69, 9.17) is 4.74 Å². The number of benzene rings is 2. The van der Waals surface area contributed by atoms with Crippen LogP contribution in [0.3, 0.4) is 0 Å². The van der Waals surface area contributed by atoms with Crippen molar-refractivity contribution in [1.29, 1.82) is 0 Å². The minimum absolute atomic E-state index is 0.0213. The zero-order valence-electron chi connectivity index (χ0n) is 14.1. The van der Waals surface area contributed by atoms with Crippen molar-refractivity contribution < 1.29 is 32.2 Å². The number of hydrogen-bond donors (Lipinski definition) is 1. The fourth-order valence-corrected chi connectivity index (χ4v) is 2.63. The Bertz CT molecular complexity index is 852. The third-order valence-corrected chi connectivity index (χ3v) is 3.80. The number of carbonyl (C=O) groups is 2. The van der Waals surface area contributed by atoms with E-state index in [9.17, 15) is 22.8 Å². The molecule has 2 amide bonds. The summed E-state index contributed by atoms with van der Waals surface area (Å²) in [6.45, 7) is 1.41. The number of anilines is 2.